The zero-order chi connectivity index (χ0) is 17.4. The number of hydrogen-bond donors (Lipinski definition) is 1. The lowest BCUT2D eigenvalue weighted by molar-refractivity contribution is -0.134. The molecule has 124 valence electrons. The van der Waals surface area contributed by atoms with Crippen LogP contribution in [0.2, 0.25) is 0 Å². The van der Waals surface area contributed by atoms with E-state index >= 15 is 0 Å². The molecule has 0 saturated carbocycles. The molecule has 0 fully saturated rings. The lowest BCUT2D eigenvalue weighted by Crippen LogP contribution is -2.44. The van der Waals surface area contributed by atoms with Gasteiger partial charge in [-0.15, -0.1) is 0 Å². The summed E-state index contributed by atoms with van der Waals surface area (Å²) in [6, 6.07) is 18.7. The fourth-order valence-corrected chi connectivity index (χ4v) is 2.33. The van der Waals surface area contributed by atoms with E-state index in [1.807, 2.05) is 60.7 Å². The van der Waals surface area contributed by atoms with Crippen LogP contribution in [0, 0.1) is 0 Å². The number of nitrogens with one attached hydrogen (secondary N) is 1. The Morgan fingerprint density at radius 2 is 1.62 bits per heavy atom. The number of benzene rings is 2. The molecule has 24 heavy (non-hydrogen) atoms. The number of carbonyl (C=O) groups excluding carboxylic acids is 2. The first-order valence-corrected chi connectivity index (χ1v) is 7.89. The summed E-state index contributed by atoms with van der Waals surface area (Å²) in [5.41, 5.74) is 1.99. The zero-order valence-corrected chi connectivity index (χ0v) is 14.0. The number of amides is 2. The van der Waals surface area contributed by atoms with Crippen molar-refractivity contribution in [2.75, 3.05) is 7.05 Å². The van der Waals surface area contributed by atoms with Gasteiger partial charge < -0.3 is 10.2 Å². The first-order chi connectivity index (χ1) is 11.6. The van der Waals surface area contributed by atoms with Gasteiger partial charge in [-0.2, -0.15) is 0 Å². The van der Waals surface area contributed by atoms with Gasteiger partial charge in [0.15, 0.2) is 0 Å². The maximum Gasteiger partial charge on any atom is 0.244 e. The maximum atomic E-state index is 12.3. The van der Waals surface area contributed by atoms with Crippen LogP contribution in [0.25, 0.3) is 6.08 Å². The lowest BCUT2D eigenvalue weighted by Gasteiger charge is -2.21. The summed E-state index contributed by atoms with van der Waals surface area (Å²) in [6.45, 7) is 2.21. The van der Waals surface area contributed by atoms with Crippen molar-refractivity contribution >= 4 is 17.9 Å². The highest BCUT2D eigenvalue weighted by Crippen LogP contribution is 2.05. The molecule has 0 aliphatic carbocycles. The highest BCUT2D eigenvalue weighted by atomic mass is 16.2. The Hall–Kier alpha value is -2.88. The second-order valence-corrected chi connectivity index (χ2v) is 5.65. The number of rotatable bonds is 6. The summed E-state index contributed by atoms with van der Waals surface area (Å²) >= 11 is 0. The molecule has 0 aliphatic heterocycles. The topological polar surface area (TPSA) is 49.4 Å². The predicted molar refractivity (Wildman–Crippen MR) is 96.0 cm³/mol. The largest absolute Gasteiger partial charge is 0.341 e. The van der Waals surface area contributed by atoms with Gasteiger partial charge in [-0.25, -0.2) is 0 Å². The van der Waals surface area contributed by atoms with Gasteiger partial charge in [0.1, 0.15) is 6.04 Å². The average Bonchev–Trinajstić information content (AvgIpc) is 2.61. The molecule has 0 unspecified atom stereocenters. The molecular formula is C20H22N2O2. The van der Waals surface area contributed by atoms with Crippen LogP contribution >= 0.6 is 0 Å². The Labute approximate surface area is 142 Å². The first-order valence-electron chi connectivity index (χ1n) is 7.89. The van der Waals surface area contributed by atoms with E-state index in [-0.39, 0.29) is 11.8 Å². The third kappa shape index (κ3) is 5.39. The Bertz CT molecular complexity index is 696. The molecule has 0 radical (unpaired) electrons. The molecule has 2 rings (SSSR count). The van der Waals surface area contributed by atoms with Crippen LogP contribution in [0.15, 0.2) is 66.7 Å². The van der Waals surface area contributed by atoms with Gasteiger partial charge in [-0.05, 0) is 24.1 Å². The first kappa shape index (κ1) is 17.5. The van der Waals surface area contributed by atoms with Gasteiger partial charge in [-0.3, -0.25) is 9.59 Å². The van der Waals surface area contributed by atoms with E-state index in [2.05, 4.69) is 5.32 Å². The van der Waals surface area contributed by atoms with Crippen molar-refractivity contribution in [1.82, 2.24) is 10.2 Å². The van der Waals surface area contributed by atoms with E-state index in [0.29, 0.717) is 6.54 Å². The van der Waals surface area contributed by atoms with Crippen molar-refractivity contribution in [3.05, 3.63) is 77.9 Å². The quantitative estimate of drug-likeness (QED) is 0.832. The molecule has 2 amide bonds. The van der Waals surface area contributed by atoms with Gasteiger partial charge in [0.25, 0.3) is 0 Å². The number of likely N-dealkylation sites (N-methyl/N-ethyl adjacent to an activating group) is 1. The van der Waals surface area contributed by atoms with E-state index < -0.39 is 6.04 Å². The Morgan fingerprint density at radius 3 is 2.25 bits per heavy atom. The molecule has 4 heteroatoms. The molecule has 0 bridgehead atoms. The molecule has 1 N–H and O–H groups in total. The van der Waals surface area contributed by atoms with Crippen molar-refractivity contribution in [3.8, 4) is 0 Å². The van der Waals surface area contributed by atoms with Gasteiger partial charge >= 0.3 is 0 Å². The Kier molecular flexibility index (Phi) is 6.32. The second kappa shape index (κ2) is 8.67. The van der Waals surface area contributed by atoms with Crippen LogP contribution in [-0.2, 0) is 16.1 Å². The van der Waals surface area contributed by atoms with Crippen LogP contribution < -0.4 is 5.32 Å². The van der Waals surface area contributed by atoms with Gasteiger partial charge in [-0.1, -0.05) is 60.7 Å². The highest BCUT2D eigenvalue weighted by molar-refractivity contribution is 5.95. The predicted octanol–water partition coefficient (Wildman–Crippen LogP) is 2.86. The minimum atomic E-state index is -0.577. The summed E-state index contributed by atoms with van der Waals surface area (Å²) in [6.07, 6.45) is 3.16. The minimum absolute atomic E-state index is 0.125. The molecule has 1 atom stereocenters. The van der Waals surface area contributed by atoms with Gasteiger partial charge in [0.05, 0.1) is 0 Å². The molecule has 2 aromatic carbocycles. The smallest absolute Gasteiger partial charge is 0.244 e. The van der Waals surface area contributed by atoms with Gasteiger partial charge in [0.2, 0.25) is 11.8 Å². The summed E-state index contributed by atoms with van der Waals surface area (Å²) < 4.78 is 0. The molecule has 4 nitrogen and oxygen atoms in total. The van der Waals surface area contributed by atoms with Crippen LogP contribution in [0.3, 0.4) is 0 Å². The highest BCUT2D eigenvalue weighted by Gasteiger charge is 2.18. The molecule has 0 spiro atoms. The maximum absolute atomic E-state index is 12.3. The number of nitrogens with zero attached hydrogens (tertiary/aromatic N) is 1. The third-order valence-corrected chi connectivity index (χ3v) is 3.59. The van der Waals surface area contributed by atoms with Crippen LogP contribution in [-0.4, -0.2) is 29.8 Å². The molecular weight excluding hydrogens is 300 g/mol. The number of carbonyl (C=O) groups is 2. The average molecular weight is 322 g/mol. The van der Waals surface area contributed by atoms with E-state index in [9.17, 15) is 9.59 Å². The molecule has 0 aromatic heterocycles. The van der Waals surface area contributed by atoms with E-state index in [4.69, 9.17) is 0 Å². The SMILES string of the molecule is C[C@H](NC(=O)/C=C\c1ccccc1)C(=O)N(C)Cc1ccccc1. The minimum Gasteiger partial charge on any atom is -0.341 e. The van der Waals surface area contributed by atoms with Crippen molar-refractivity contribution in [2.45, 2.75) is 19.5 Å². The van der Waals surface area contributed by atoms with E-state index in [1.165, 1.54) is 6.08 Å². The van der Waals surface area contributed by atoms with Crippen molar-refractivity contribution in [1.29, 1.82) is 0 Å². The summed E-state index contributed by atoms with van der Waals surface area (Å²) in [4.78, 5) is 25.9. The monoisotopic (exact) mass is 322 g/mol. The van der Waals surface area contributed by atoms with Crippen molar-refractivity contribution in [2.24, 2.45) is 0 Å². The van der Waals surface area contributed by atoms with Crippen molar-refractivity contribution < 1.29 is 9.59 Å². The fraction of sp³-hybridized carbons (Fsp3) is 0.200. The normalized spacial score (nSPS) is 11.9. The van der Waals surface area contributed by atoms with Crippen LogP contribution in [0.4, 0.5) is 0 Å². The van der Waals surface area contributed by atoms with Crippen LogP contribution in [0.1, 0.15) is 18.1 Å². The Balaban J connectivity index is 1.86. The summed E-state index contributed by atoms with van der Waals surface area (Å²) in [5, 5.41) is 2.70. The van der Waals surface area contributed by atoms with Gasteiger partial charge in [0, 0.05) is 19.7 Å². The fourth-order valence-electron chi connectivity index (χ4n) is 2.33. The lowest BCUT2D eigenvalue weighted by atomic mass is 10.2. The number of hydrogen-bond acceptors (Lipinski definition) is 2. The second-order valence-electron chi connectivity index (χ2n) is 5.65. The van der Waals surface area contributed by atoms with Crippen molar-refractivity contribution in [3.63, 3.8) is 0 Å². The third-order valence-electron chi connectivity index (χ3n) is 3.59. The standard InChI is InChI=1S/C20H22N2O2/c1-16(20(24)22(2)15-18-11-7-4-8-12-18)21-19(23)14-13-17-9-5-3-6-10-17/h3-14,16H,15H2,1-2H3,(H,21,23)/b14-13-/t16-/m0/s1. The Morgan fingerprint density at radius 1 is 1.04 bits per heavy atom. The summed E-state index contributed by atoms with van der Waals surface area (Å²) in [5.74, 6) is -0.409. The molecule has 0 heterocycles. The molecule has 0 saturated heterocycles. The van der Waals surface area contributed by atoms with E-state index in [1.54, 1.807) is 24.9 Å². The molecule has 2 aromatic rings. The molecule has 0 aliphatic rings. The summed E-state index contributed by atoms with van der Waals surface area (Å²) in [7, 11) is 1.73. The van der Waals surface area contributed by atoms with Crippen LogP contribution in [0.5, 0.6) is 0 Å². The van der Waals surface area contributed by atoms with E-state index in [0.717, 1.165) is 11.1 Å². The zero-order valence-electron chi connectivity index (χ0n) is 14.0.